The Morgan fingerprint density at radius 1 is 1.37 bits per heavy atom. The zero-order valence-electron chi connectivity index (χ0n) is 11.4. The maximum atomic E-state index is 11.6. The fourth-order valence-electron chi connectivity index (χ4n) is 2.20. The summed E-state index contributed by atoms with van der Waals surface area (Å²) in [7, 11) is -2.98. The number of rotatable bonds is 8. The van der Waals surface area contributed by atoms with E-state index in [-0.39, 0.29) is 24.3 Å². The van der Waals surface area contributed by atoms with Crippen LogP contribution in [0.2, 0.25) is 0 Å². The van der Waals surface area contributed by atoms with Gasteiger partial charge in [-0.15, -0.1) is 0 Å². The van der Waals surface area contributed by atoms with Gasteiger partial charge >= 0.3 is 0 Å². The standard InChI is InChI=1S/C12H24N2O4S/c1-19(16,17)8-7-18-6-5-14-12(15)9-10-3-2-4-11(10)13/h10-11H,2-9,13H2,1H3,(H,14,15)/t10-,11+/m0/s1. The fraction of sp³-hybridized carbons (Fsp3) is 0.917. The molecular weight excluding hydrogens is 268 g/mol. The normalized spacial score (nSPS) is 23.5. The van der Waals surface area contributed by atoms with E-state index in [2.05, 4.69) is 5.32 Å². The van der Waals surface area contributed by atoms with E-state index in [1.54, 1.807) is 0 Å². The third-order valence-electron chi connectivity index (χ3n) is 3.33. The summed E-state index contributed by atoms with van der Waals surface area (Å²) >= 11 is 0. The number of carbonyl (C=O) groups excluding carboxylic acids is 1. The third kappa shape index (κ3) is 7.49. The highest BCUT2D eigenvalue weighted by molar-refractivity contribution is 7.90. The van der Waals surface area contributed by atoms with Crippen LogP contribution >= 0.6 is 0 Å². The molecule has 0 spiro atoms. The number of ether oxygens (including phenoxy) is 1. The van der Waals surface area contributed by atoms with Crippen LogP contribution in [0.5, 0.6) is 0 Å². The first-order valence-corrected chi connectivity index (χ1v) is 8.72. The van der Waals surface area contributed by atoms with E-state index in [1.165, 1.54) is 6.26 Å². The van der Waals surface area contributed by atoms with Crippen LogP contribution in [-0.4, -0.2) is 52.1 Å². The Labute approximate surface area is 115 Å². The molecule has 1 fully saturated rings. The maximum absolute atomic E-state index is 11.6. The lowest BCUT2D eigenvalue weighted by atomic mass is 10.00. The van der Waals surface area contributed by atoms with Crippen LogP contribution in [-0.2, 0) is 19.4 Å². The highest BCUT2D eigenvalue weighted by Gasteiger charge is 2.25. The minimum absolute atomic E-state index is 0.00550. The van der Waals surface area contributed by atoms with Crippen LogP contribution in [0.3, 0.4) is 0 Å². The van der Waals surface area contributed by atoms with Crippen LogP contribution in [0, 0.1) is 5.92 Å². The fourth-order valence-corrected chi connectivity index (χ4v) is 2.62. The number of hydrogen-bond acceptors (Lipinski definition) is 5. The molecule has 6 nitrogen and oxygen atoms in total. The molecule has 1 saturated carbocycles. The van der Waals surface area contributed by atoms with E-state index in [9.17, 15) is 13.2 Å². The molecule has 0 unspecified atom stereocenters. The zero-order chi connectivity index (χ0) is 14.3. The number of nitrogens with one attached hydrogen (secondary N) is 1. The second-order valence-corrected chi connectivity index (χ2v) is 7.41. The van der Waals surface area contributed by atoms with Gasteiger partial charge in [-0.3, -0.25) is 4.79 Å². The second kappa shape index (κ2) is 7.81. The summed E-state index contributed by atoms with van der Waals surface area (Å²) in [6.07, 6.45) is 4.78. The summed E-state index contributed by atoms with van der Waals surface area (Å²) in [6.45, 7) is 0.907. The van der Waals surface area contributed by atoms with Gasteiger partial charge in [0, 0.05) is 25.3 Å². The van der Waals surface area contributed by atoms with Crippen LogP contribution in [0.25, 0.3) is 0 Å². The van der Waals surface area contributed by atoms with E-state index < -0.39 is 9.84 Å². The van der Waals surface area contributed by atoms with Crippen molar-refractivity contribution in [3.05, 3.63) is 0 Å². The summed E-state index contributed by atoms with van der Waals surface area (Å²) < 4.78 is 26.8. The van der Waals surface area contributed by atoms with Gasteiger partial charge in [-0.05, 0) is 18.8 Å². The zero-order valence-corrected chi connectivity index (χ0v) is 12.2. The van der Waals surface area contributed by atoms with E-state index >= 15 is 0 Å². The Kier molecular flexibility index (Phi) is 6.74. The van der Waals surface area contributed by atoms with Crippen LogP contribution < -0.4 is 11.1 Å². The molecule has 0 aromatic rings. The Hall–Kier alpha value is -0.660. The first-order valence-electron chi connectivity index (χ1n) is 6.66. The topological polar surface area (TPSA) is 98.5 Å². The molecule has 1 aliphatic rings. The quantitative estimate of drug-likeness (QED) is 0.598. The van der Waals surface area contributed by atoms with Gasteiger partial charge in [-0.2, -0.15) is 0 Å². The molecule has 1 aliphatic carbocycles. The van der Waals surface area contributed by atoms with Gasteiger partial charge in [0.05, 0.1) is 19.0 Å². The molecule has 1 amide bonds. The molecule has 0 bridgehead atoms. The Bertz CT molecular complexity index is 383. The Balaban J connectivity index is 2.01. The third-order valence-corrected chi connectivity index (χ3v) is 4.24. The number of sulfone groups is 1. The summed E-state index contributed by atoms with van der Waals surface area (Å²) in [4.78, 5) is 11.6. The van der Waals surface area contributed by atoms with Crippen LogP contribution in [0.4, 0.5) is 0 Å². The lowest BCUT2D eigenvalue weighted by molar-refractivity contribution is -0.122. The molecule has 2 atom stereocenters. The van der Waals surface area contributed by atoms with Crippen LogP contribution in [0.15, 0.2) is 0 Å². The van der Waals surface area contributed by atoms with E-state index in [0.29, 0.717) is 25.5 Å². The van der Waals surface area contributed by atoms with Crippen molar-refractivity contribution in [2.75, 3.05) is 31.8 Å². The largest absolute Gasteiger partial charge is 0.379 e. The van der Waals surface area contributed by atoms with Gasteiger partial charge in [0.15, 0.2) is 0 Å². The minimum atomic E-state index is -2.98. The minimum Gasteiger partial charge on any atom is -0.379 e. The van der Waals surface area contributed by atoms with Crippen molar-refractivity contribution < 1.29 is 17.9 Å². The van der Waals surface area contributed by atoms with Crippen molar-refractivity contribution in [2.45, 2.75) is 31.7 Å². The molecule has 19 heavy (non-hydrogen) atoms. The summed E-state index contributed by atoms with van der Waals surface area (Å²) in [5.74, 6) is 0.304. The van der Waals surface area contributed by atoms with Crippen molar-refractivity contribution in [1.82, 2.24) is 5.32 Å². The van der Waals surface area contributed by atoms with Gasteiger partial charge in [-0.25, -0.2) is 8.42 Å². The smallest absolute Gasteiger partial charge is 0.220 e. The molecule has 0 saturated heterocycles. The molecule has 0 aromatic heterocycles. The monoisotopic (exact) mass is 292 g/mol. The van der Waals surface area contributed by atoms with Crippen molar-refractivity contribution >= 4 is 15.7 Å². The van der Waals surface area contributed by atoms with Gasteiger partial charge < -0.3 is 15.8 Å². The molecule has 112 valence electrons. The van der Waals surface area contributed by atoms with Crippen molar-refractivity contribution in [3.8, 4) is 0 Å². The Morgan fingerprint density at radius 3 is 2.68 bits per heavy atom. The number of amides is 1. The SMILES string of the molecule is CS(=O)(=O)CCOCCNC(=O)C[C@@H]1CCC[C@H]1N. The summed E-state index contributed by atoms with van der Waals surface area (Å²) in [6, 6.07) is 0.150. The van der Waals surface area contributed by atoms with Gasteiger partial charge in [0.25, 0.3) is 0 Å². The summed E-state index contributed by atoms with van der Waals surface area (Å²) in [5.41, 5.74) is 5.90. The molecule has 0 aliphatic heterocycles. The van der Waals surface area contributed by atoms with Crippen molar-refractivity contribution in [3.63, 3.8) is 0 Å². The molecular formula is C12H24N2O4S. The predicted molar refractivity (Wildman–Crippen MR) is 73.5 cm³/mol. The number of carbonyl (C=O) groups is 1. The first-order chi connectivity index (χ1) is 8.88. The van der Waals surface area contributed by atoms with Crippen molar-refractivity contribution in [2.24, 2.45) is 11.7 Å². The Morgan fingerprint density at radius 2 is 2.11 bits per heavy atom. The van der Waals surface area contributed by atoms with Crippen LogP contribution in [0.1, 0.15) is 25.7 Å². The lowest BCUT2D eigenvalue weighted by Crippen LogP contribution is -2.33. The molecule has 7 heteroatoms. The number of hydrogen-bond donors (Lipinski definition) is 2. The second-order valence-electron chi connectivity index (χ2n) is 5.15. The molecule has 0 radical (unpaired) electrons. The first kappa shape index (κ1) is 16.4. The van der Waals surface area contributed by atoms with Gasteiger partial charge in [0.2, 0.25) is 5.91 Å². The van der Waals surface area contributed by atoms with Gasteiger partial charge in [-0.1, -0.05) is 6.42 Å². The average molecular weight is 292 g/mol. The van der Waals surface area contributed by atoms with Crippen molar-refractivity contribution in [1.29, 1.82) is 0 Å². The highest BCUT2D eigenvalue weighted by atomic mass is 32.2. The summed E-state index contributed by atoms with van der Waals surface area (Å²) in [5, 5.41) is 2.76. The molecule has 0 aromatic carbocycles. The van der Waals surface area contributed by atoms with E-state index in [4.69, 9.17) is 10.5 Å². The molecule has 3 N–H and O–H groups in total. The number of nitrogens with two attached hydrogens (primary N) is 1. The van der Waals surface area contributed by atoms with E-state index in [0.717, 1.165) is 19.3 Å². The van der Waals surface area contributed by atoms with E-state index in [1.807, 2.05) is 0 Å². The predicted octanol–water partition coefficient (Wildman–Crippen LogP) is -0.319. The maximum Gasteiger partial charge on any atom is 0.220 e. The average Bonchev–Trinajstić information content (AvgIpc) is 2.68. The highest BCUT2D eigenvalue weighted by Crippen LogP contribution is 2.26. The molecule has 1 rings (SSSR count). The van der Waals surface area contributed by atoms with Gasteiger partial charge in [0.1, 0.15) is 9.84 Å². The molecule has 0 heterocycles. The lowest BCUT2D eigenvalue weighted by Gasteiger charge is -2.14.